The first-order chi connectivity index (χ1) is 8.04. The summed E-state index contributed by atoms with van der Waals surface area (Å²) in [6.07, 6.45) is 6.54. The van der Waals surface area contributed by atoms with Crippen LogP contribution in [0, 0.1) is 5.41 Å². The van der Waals surface area contributed by atoms with Crippen molar-refractivity contribution >= 4 is 0 Å². The number of nitrogens with one attached hydrogen (secondary N) is 1. The summed E-state index contributed by atoms with van der Waals surface area (Å²) >= 11 is 0. The van der Waals surface area contributed by atoms with Crippen LogP contribution in [0.2, 0.25) is 0 Å². The molecular formula is C14H29NO2. The van der Waals surface area contributed by atoms with Crippen molar-refractivity contribution in [3.63, 3.8) is 0 Å². The van der Waals surface area contributed by atoms with Crippen LogP contribution in [0.3, 0.4) is 0 Å². The molecule has 0 aromatic rings. The number of hydrogen-bond donors (Lipinski definition) is 1. The van der Waals surface area contributed by atoms with Crippen molar-refractivity contribution in [1.82, 2.24) is 5.32 Å². The summed E-state index contributed by atoms with van der Waals surface area (Å²) in [7, 11) is 3.56. The molecule has 1 rings (SSSR count). The SMILES string of the molecule is COCCNCC1(CCC(C)(C)OC)CCC1. The van der Waals surface area contributed by atoms with Crippen LogP contribution in [0.15, 0.2) is 0 Å². The molecule has 0 heterocycles. The van der Waals surface area contributed by atoms with Gasteiger partial charge in [0.1, 0.15) is 0 Å². The van der Waals surface area contributed by atoms with Gasteiger partial charge in [-0.05, 0) is 44.9 Å². The van der Waals surface area contributed by atoms with Crippen molar-refractivity contribution in [2.75, 3.05) is 33.9 Å². The molecule has 3 nitrogen and oxygen atoms in total. The first-order valence-electron chi connectivity index (χ1n) is 6.78. The van der Waals surface area contributed by atoms with Gasteiger partial charge in [-0.3, -0.25) is 0 Å². The smallest absolute Gasteiger partial charge is 0.0623 e. The lowest BCUT2D eigenvalue weighted by atomic mass is 9.65. The first kappa shape index (κ1) is 14.9. The van der Waals surface area contributed by atoms with E-state index in [1.54, 1.807) is 7.11 Å². The second-order valence-electron chi connectivity index (χ2n) is 5.99. The lowest BCUT2D eigenvalue weighted by molar-refractivity contribution is -0.00763. The van der Waals surface area contributed by atoms with E-state index in [-0.39, 0.29) is 5.60 Å². The quantitative estimate of drug-likeness (QED) is 0.631. The highest BCUT2D eigenvalue weighted by Crippen LogP contribution is 2.45. The molecule has 0 saturated heterocycles. The standard InChI is InChI=1S/C14H29NO2/c1-13(2,17-4)8-9-14(6-5-7-14)12-15-10-11-16-3/h15H,5-12H2,1-4H3. The molecule has 0 spiro atoms. The lowest BCUT2D eigenvalue weighted by Gasteiger charge is -2.44. The minimum atomic E-state index is 0.0229. The third-order valence-electron chi connectivity index (χ3n) is 4.21. The predicted octanol–water partition coefficient (Wildman–Crippen LogP) is 2.60. The van der Waals surface area contributed by atoms with E-state index in [0.29, 0.717) is 5.41 Å². The highest BCUT2D eigenvalue weighted by Gasteiger charge is 2.37. The van der Waals surface area contributed by atoms with Gasteiger partial charge in [0.15, 0.2) is 0 Å². The van der Waals surface area contributed by atoms with E-state index in [4.69, 9.17) is 9.47 Å². The van der Waals surface area contributed by atoms with Crippen LogP contribution in [-0.4, -0.2) is 39.5 Å². The Labute approximate surface area is 106 Å². The molecule has 0 aromatic carbocycles. The van der Waals surface area contributed by atoms with E-state index in [1.165, 1.54) is 25.7 Å². The topological polar surface area (TPSA) is 30.5 Å². The summed E-state index contributed by atoms with van der Waals surface area (Å²) < 4.78 is 10.6. The van der Waals surface area contributed by atoms with Crippen LogP contribution in [-0.2, 0) is 9.47 Å². The van der Waals surface area contributed by atoms with E-state index in [2.05, 4.69) is 19.2 Å². The number of rotatable bonds is 9. The van der Waals surface area contributed by atoms with E-state index < -0.39 is 0 Å². The molecule has 0 unspecified atom stereocenters. The zero-order valence-corrected chi connectivity index (χ0v) is 12.0. The van der Waals surface area contributed by atoms with Gasteiger partial charge in [-0.25, -0.2) is 0 Å². The molecule has 0 amide bonds. The van der Waals surface area contributed by atoms with Gasteiger partial charge in [0.2, 0.25) is 0 Å². The zero-order chi connectivity index (χ0) is 12.8. The molecule has 17 heavy (non-hydrogen) atoms. The summed E-state index contributed by atoms with van der Waals surface area (Å²) in [4.78, 5) is 0. The third-order valence-corrected chi connectivity index (χ3v) is 4.21. The van der Waals surface area contributed by atoms with Crippen LogP contribution >= 0.6 is 0 Å². The van der Waals surface area contributed by atoms with Gasteiger partial charge in [0.05, 0.1) is 12.2 Å². The number of ether oxygens (including phenoxy) is 2. The second-order valence-corrected chi connectivity index (χ2v) is 5.99. The molecule has 0 aliphatic heterocycles. The fourth-order valence-corrected chi connectivity index (χ4v) is 2.39. The summed E-state index contributed by atoms with van der Waals surface area (Å²) in [5.41, 5.74) is 0.554. The fraction of sp³-hybridized carbons (Fsp3) is 1.00. The molecule has 1 saturated carbocycles. The molecule has 3 heteroatoms. The molecular weight excluding hydrogens is 214 g/mol. The molecule has 1 N–H and O–H groups in total. The maximum absolute atomic E-state index is 5.50. The van der Waals surface area contributed by atoms with E-state index in [1.807, 2.05) is 7.11 Å². The van der Waals surface area contributed by atoms with Crippen LogP contribution in [0.4, 0.5) is 0 Å². The fourth-order valence-electron chi connectivity index (χ4n) is 2.39. The van der Waals surface area contributed by atoms with E-state index in [9.17, 15) is 0 Å². The van der Waals surface area contributed by atoms with Crippen LogP contribution in [0.25, 0.3) is 0 Å². The van der Waals surface area contributed by atoms with Crippen molar-refractivity contribution < 1.29 is 9.47 Å². The highest BCUT2D eigenvalue weighted by molar-refractivity contribution is 4.91. The minimum Gasteiger partial charge on any atom is -0.383 e. The predicted molar refractivity (Wildman–Crippen MR) is 71.4 cm³/mol. The third kappa shape index (κ3) is 4.94. The van der Waals surface area contributed by atoms with E-state index >= 15 is 0 Å². The van der Waals surface area contributed by atoms with Crippen LogP contribution in [0.5, 0.6) is 0 Å². The van der Waals surface area contributed by atoms with Crippen LogP contribution < -0.4 is 5.32 Å². The Morgan fingerprint density at radius 3 is 2.41 bits per heavy atom. The van der Waals surface area contributed by atoms with Gasteiger partial charge in [-0.1, -0.05) is 6.42 Å². The Morgan fingerprint density at radius 1 is 1.24 bits per heavy atom. The molecule has 0 radical (unpaired) electrons. The Kier molecular flexibility index (Phi) is 5.90. The summed E-state index contributed by atoms with van der Waals surface area (Å²) in [5.74, 6) is 0. The van der Waals surface area contributed by atoms with Crippen molar-refractivity contribution in [3.8, 4) is 0 Å². The van der Waals surface area contributed by atoms with Crippen molar-refractivity contribution in [3.05, 3.63) is 0 Å². The van der Waals surface area contributed by atoms with Gasteiger partial charge in [-0.15, -0.1) is 0 Å². The maximum Gasteiger partial charge on any atom is 0.0623 e. The second kappa shape index (κ2) is 6.72. The monoisotopic (exact) mass is 243 g/mol. The highest BCUT2D eigenvalue weighted by atomic mass is 16.5. The summed E-state index contributed by atoms with van der Waals surface area (Å²) in [6, 6.07) is 0. The van der Waals surface area contributed by atoms with Crippen LogP contribution in [0.1, 0.15) is 46.0 Å². The Bertz CT molecular complexity index is 212. The largest absolute Gasteiger partial charge is 0.383 e. The minimum absolute atomic E-state index is 0.0229. The summed E-state index contributed by atoms with van der Waals surface area (Å²) in [5, 5.41) is 3.52. The number of hydrogen-bond acceptors (Lipinski definition) is 3. The molecule has 0 atom stereocenters. The molecule has 1 aliphatic carbocycles. The Balaban J connectivity index is 2.26. The maximum atomic E-state index is 5.50. The van der Waals surface area contributed by atoms with Gasteiger partial charge >= 0.3 is 0 Å². The van der Waals surface area contributed by atoms with Crippen molar-refractivity contribution in [2.45, 2.75) is 51.6 Å². The molecule has 0 bridgehead atoms. The van der Waals surface area contributed by atoms with Gasteiger partial charge < -0.3 is 14.8 Å². The lowest BCUT2D eigenvalue weighted by Crippen LogP contribution is -2.42. The zero-order valence-electron chi connectivity index (χ0n) is 12.0. The number of methoxy groups -OCH3 is 2. The van der Waals surface area contributed by atoms with Gasteiger partial charge in [0, 0.05) is 27.3 Å². The summed E-state index contributed by atoms with van der Waals surface area (Å²) in [6.45, 7) is 7.26. The van der Waals surface area contributed by atoms with Gasteiger partial charge in [-0.2, -0.15) is 0 Å². The van der Waals surface area contributed by atoms with Crippen molar-refractivity contribution in [1.29, 1.82) is 0 Å². The normalized spacial score (nSPS) is 19.1. The Morgan fingerprint density at radius 2 is 1.94 bits per heavy atom. The molecule has 102 valence electrons. The first-order valence-corrected chi connectivity index (χ1v) is 6.78. The Hall–Kier alpha value is -0.120. The van der Waals surface area contributed by atoms with Crippen molar-refractivity contribution in [2.24, 2.45) is 5.41 Å². The molecule has 0 aromatic heterocycles. The molecule has 1 aliphatic rings. The average Bonchev–Trinajstić information content (AvgIpc) is 2.26. The van der Waals surface area contributed by atoms with Gasteiger partial charge in [0.25, 0.3) is 0 Å². The van der Waals surface area contributed by atoms with E-state index in [0.717, 1.165) is 26.1 Å². The average molecular weight is 243 g/mol. The molecule has 1 fully saturated rings.